The predicted molar refractivity (Wildman–Crippen MR) is 96.7 cm³/mol. The quantitative estimate of drug-likeness (QED) is 0.855. The lowest BCUT2D eigenvalue weighted by Gasteiger charge is -2.59. The maximum atomic E-state index is 12.4. The molecule has 4 nitrogen and oxygen atoms in total. The second kappa shape index (κ2) is 6.54. The third-order valence-electron chi connectivity index (χ3n) is 6.81. The van der Waals surface area contributed by atoms with E-state index in [0.717, 1.165) is 23.5 Å². The van der Waals surface area contributed by atoms with E-state index < -0.39 is 0 Å². The molecule has 4 saturated carbocycles. The van der Waals surface area contributed by atoms with Gasteiger partial charge in [-0.2, -0.15) is 0 Å². The van der Waals surface area contributed by atoms with Gasteiger partial charge in [-0.1, -0.05) is 0 Å². The van der Waals surface area contributed by atoms with Gasteiger partial charge in [0.25, 0.3) is 5.91 Å². The molecule has 4 bridgehead atoms. The van der Waals surface area contributed by atoms with Crippen molar-refractivity contribution < 1.29 is 14.3 Å². The van der Waals surface area contributed by atoms with Gasteiger partial charge in [0.05, 0.1) is 7.11 Å². The Morgan fingerprint density at radius 3 is 2.12 bits per heavy atom. The van der Waals surface area contributed by atoms with Gasteiger partial charge >= 0.3 is 0 Å². The minimum atomic E-state index is -0.0148. The van der Waals surface area contributed by atoms with Crippen molar-refractivity contribution >= 4 is 5.91 Å². The summed E-state index contributed by atoms with van der Waals surface area (Å²) in [5.41, 5.74) is 0.338. The average molecular weight is 343 g/mol. The molecule has 4 fully saturated rings. The molecular formula is C21H29NO3. The van der Waals surface area contributed by atoms with Crippen LogP contribution in [-0.4, -0.2) is 25.7 Å². The lowest BCUT2D eigenvalue weighted by atomic mass is 9.48. The van der Waals surface area contributed by atoms with Gasteiger partial charge in [0, 0.05) is 6.04 Å². The van der Waals surface area contributed by atoms with E-state index in [1.165, 1.54) is 38.5 Å². The molecule has 136 valence electrons. The Morgan fingerprint density at radius 2 is 1.60 bits per heavy atom. The number of nitrogens with one attached hydrogen (secondary N) is 1. The van der Waals surface area contributed by atoms with E-state index in [-0.39, 0.29) is 18.6 Å². The van der Waals surface area contributed by atoms with Gasteiger partial charge in [0.2, 0.25) is 0 Å². The Labute approximate surface area is 150 Å². The zero-order chi connectivity index (χ0) is 17.4. The fraction of sp³-hybridized carbons (Fsp3) is 0.667. The molecule has 4 aliphatic carbocycles. The Morgan fingerprint density at radius 1 is 1.08 bits per heavy atom. The molecule has 1 N–H and O–H groups in total. The first-order chi connectivity index (χ1) is 12.1. The highest BCUT2D eigenvalue weighted by atomic mass is 16.5. The Balaban J connectivity index is 1.31. The van der Waals surface area contributed by atoms with Gasteiger partial charge in [0.1, 0.15) is 11.5 Å². The highest BCUT2D eigenvalue weighted by Gasteiger charge is 2.53. The number of carbonyl (C=O) groups excluding carboxylic acids is 1. The predicted octanol–water partition coefficient (Wildman–Crippen LogP) is 3.80. The van der Waals surface area contributed by atoms with Crippen LogP contribution in [0.2, 0.25) is 0 Å². The van der Waals surface area contributed by atoms with E-state index in [9.17, 15) is 4.79 Å². The maximum absolute atomic E-state index is 12.4. The Bertz CT molecular complexity index is 589. The average Bonchev–Trinajstić information content (AvgIpc) is 2.59. The van der Waals surface area contributed by atoms with E-state index in [0.29, 0.717) is 11.2 Å². The van der Waals surface area contributed by atoms with Crippen LogP contribution in [0.5, 0.6) is 11.5 Å². The molecule has 0 heterocycles. The minimum absolute atomic E-state index is 0.0148. The van der Waals surface area contributed by atoms with Crippen LogP contribution in [0.3, 0.4) is 0 Å². The van der Waals surface area contributed by atoms with Gasteiger partial charge in [-0.05, 0) is 92.9 Å². The lowest BCUT2D eigenvalue weighted by Crippen LogP contribution is -2.56. The smallest absolute Gasteiger partial charge is 0.258 e. The zero-order valence-corrected chi connectivity index (χ0v) is 15.3. The maximum Gasteiger partial charge on any atom is 0.258 e. The molecule has 0 saturated heterocycles. The summed E-state index contributed by atoms with van der Waals surface area (Å²) >= 11 is 0. The molecule has 4 heteroatoms. The fourth-order valence-electron chi connectivity index (χ4n) is 5.97. The standard InChI is InChI=1S/C21H29NO3/c1-14(21-10-15-7-16(11-21)9-17(8-15)12-21)22-20(23)13-25-19-5-3-18(24-2)4-6-19/h3-6,14-17H,7-13H2,1-2H3,(H,22,23)/t14-,15?,16?,17?,21?/m0/s1. The molecule has 1 aromatic rings. The van der Waals surface area contributed by atoms with E-state index in [1.807, 2.05) is 24.3 Å². The summed E-state index contributed by atoms with van der Waals surface area (Å²) < 4.78 is 10.7. The molecule has 5 rings (SSSR count). The minimum Gasteiger partial charge on any atom is -0.497 e. The van der Waals surface area contributed by atoms with Crippen LogP contribution in [0.15, 0.2) is 24.3 Å². The van der Waals surface area contributed by atoms with Crippen LogP contribution in [0, 0.1) is 23.2 Å². The van der Waals surface area contributed by atoms with E-state index in [2.05, 4.69) is 12.2 Å². The molecular weight excluding hydrogens is 314 g/mol. The summed E-state index contributed by atoms with van der Waals surface area (Å²) in [6.07, 6.45) is 8.21. The van der Waals surface area contributed by atoms with Crippen LogP contribution < -0.4 is 14.8 Å². The zero-order valence-electron chi connectivity index (χ0n) is 15.3. The lowest BCUT2D eigenvalue weighted by molar-refractivity contribution is -0.127. The Kier molecular flexibility index (Phi) is 4.38. The van der Waals surface area contributed by atoms with Crippen molar-refractivity contribution in [3.63, 3.8) is 0 Å². The van der Waals surface area contributed by atoms with Crippen LogP contribution in [0.25, 0.3) is 0 Å². The molecule has 4 aliphatic rings. The summed E-state index contributed by atoms with van der Waals surface area (Å²) in [4.78, 5) is 12.4. The van der Waals surface area contributed by atoms with Gasteiger partial charge < -0.3 is 14.8 Å². The number of hydrogen-bond acceptors (Lipinski definition) is 3. The number of rotatable bonds is 6. The van der Waals surface area contributed by atoms with Crippen LogP contribution in [0.4, 0.5) is 0 Å². The van der Waals surface area contributed by atoms with Gasteiger partial charge in [0.15, 0.2) is 6.61 Å². The van der Waals surface area contributed by atoms with Crippen LogP contribution >= 0.6 is 0 Å². The highest BCUT2D eigenvalue weighted by molar-refractivity contribution is 5.77. The normalized spacial score (nSPS) is 33.8. The third kappa shape index (κ3) is 3.36. The molecule has 0 unspecified atom stereocenters. The molecule has 0 radical (unpaired) electrons. The number of benzene rings is 1. The third-order valence-corrected chi connectivity index (χ3v) is 6.81. The van der Waals surface area contributed by atoms with Gasteiger partial charge in [-0.25, -0.2) is 0 Å². The molecule has 0 aromatic heterocycles. The van der Waals surface area contributed by atoms with Crippen molar-refractivity contribution in [1.82, 2.24) is 5.32 Å². The summed E-state index contributed by atoms with van der Waals surface area (Å²) in [5.74, 6) is 4.17. The van der Waals surface area contributed by atoms with Crippen molar-refractivity contribution in [3.8, 4) is 11.5 Å². The second-order valence-corrected chi connectivity index (χ2v) is 8.53. The highest BCUT2D eigenvalue weighted by Crippen LogP contribution is 2.61. The molecule has 1 aromatic carbocycles. The van der Waals surface area contributed by atoms with Crippen molar-refractivity contribution in [2.75, 3.05) is 13.7 Å². The van der Waals surface area contributed by atoms with E-state index in [1.54, 1.807) is 7.11 Å². The first kappa shape index (κ1) is 16.7. The van der Waals surface area contributed by atoms with Gasteiger partial charge in [-0.3, -0.25) is 4.79 Å². The van der Waals surface area contributed by atoms with E-state index >= 15 is 0 Å². The Hall–Kier alpha value is -1.71. The number of ether oxygens (including phenoxy) is 2. The molecule has 25 heavy (non-hydrogen) atoms. The second-order valence-electron chi connectivity index (χ2n) is 8.53. The monoisotopic (exact) mass is 343 g/mol. The van der Waals surface area contributed by atoms with Crippen molar-refractivity contribution in [2.45, 2.75) is 51.5 Å². The SMILES string of the molecule is COc1ccc(OCC(=O)N[C@@H](C)C23CC4CC(CC(C4)C2)C3)cc1. The topological polar surface area (TPSA) is 47.6 Å². The largest absolute Gasteiger partial charge is 0.497 e. The van der Waals surface area contributed by atoms with Crippen LogP contribution in [0.1, 0.15) is 45.4 Å². The first-order valence-corrected chi connectivity index (χ1v) is 9.62. The van der Waals surface area contributed by atoms with Crippen molar-refractivity contribution in [3.05, 3.63) is 24.3 Å². The molecule has 0 spiro atoms. The summed E-state index contributed by atoms with van der Waals surface area (Å²) in [6, 6.07) is 7.58. The van der Waals surface area contributed by atoms with Gasteiger partial charge in [-0.15, -0.1) is 0 Å². The molecule has 1 amide bonds. The summed E-state index contributed by atoms with van der Waals surface area (Å²) in [7, 11) is 1.63. The number of carbonyl (C=O) groups is 1. The van der Waals surface area contributed by atoms with Crippen LogP contribution in [-0.2, 0) is 4.79 Å². The fourth-order valence-corrected chi connectivity index (χ4v) is 5.97. The number of methoxy groups -OCH3 is 1. The first-order valence-electron chi connectivity index (χ1n) is 9.62. The molecule has 1 atom stereocenters. The summed E-state index contributed by atoms with van der Waals surface area (Å²) in [5, 5.41) is 3.24. The molecule has 0 aliphatic heterocycles. The van der Waals surface area contributed by atoms with Crippen molar-refractivity contribution in [2.24, 2.45) is 23.2 Å². The van der Waals surface area contributed by atoms with E-state index in [4.69, 9.17) is 9.47 Å². The van der Waals surface area contributed by atoms with Crippen molar-refractivity contribution in [1.29, 1.82) is 0 Å². The summed E-state index contributed by atoms with van der Waals surface area (Å²) in [6.45, 7) is 2.28. The number of amides is 1. The number of hydrogen-bond donors (Lipinski definition) is 1.